The number of ketones is 1. The summed E-state index contributed by atoms with van der Waals surface area (Å²) in [4.78, 5) is 36.6. The van der Waals surface area contributed by atoms with Gasteiger partial charge in [-0.05, 0) is 13.0 Å². The summed E-state index contributed by atoms with van der Waals surface area (Å²) in [5.41, 5.74) is -1.23. The van der Waals surface area contributed by atoms with E-state index in [4.69, 9.17) is 15.8 Å². The van der Waals surface area contributed by atoms with E-state index in [1.807, 2.05) is 0 Å². The van der Waals surface area contributed by atoms with Crippen LogP contribution >= 0.6 is 23.6 Å². The molecule has 1 aromatic heterocycles. The Bertz CT molecular complexity index is 817. The fourth-order valence-electron chi connectivity index (χ4n) is 1.96. The SMILES string of the molecule is CSOc1c(C(C)=O)c(=O)[nH]c2c(Cl)ccc([N+](=O)[O-])c12. The standard InChI is InChI=1S/C12H9ClN2O5S/c1-5(16)8-11(20-21-2)9-7(15(18)19)4-3-6(13)10(9)14-12(8)17/h3-4H,1-2H3,(H,14,17). The first kappa shape index (κ1) is 15.3. The van der Waals surface area contributed by atoms with Crippen molar-refractivity contribution in [2.45, 2.75) is 6.92 Å². The number of H-pyrrole nitrogens is 1. The number of halogens is 1. The van der Waals surface area contributed by atoms with Crippen LogP contribution in [0.3, 0.4) is 0 Å². The number of nitro benzene ring substituents is 1. The molecular weight excluding hydrogens is 320 g/mol. The third kappa shape index (κ3) is 2.59. The zero-order valence-corrected chi connectivity index (χ0v) is 12.5. The number of hydrogen-bond donors (Lipinski definition) is 1. The summed E-state index contributed by atoms with van der Waals surface area (Å²) in [5.74, 6) is -0.709. The molecule has 1 heterocycles. The van der Waals surface area contributed by atoms with Crippen LogP contribution in [0.4, 0.5) is 5.69 Å². The molecule has 0 amide bonds. The molecule has 1 aromatic carbocycles. The highest BCUT2D eigenvalue weighted by Crippen LogP contribution is 2.38. The van der Waals surface area contributed by atoms with Crippen LogP contribution in [0.2, 0.25) is 5.02 Å². The second-order valence-corrected chi connectivity index (χ2v) is 4.95. The number of hydrogen-bond acceptors (Lipinski definition) is 6. The van der Waals surface area contributed by atoms with Gasteiger partial charge in [-0.15, -0.1) is 0 Å². The summed E-state index contributed by atoms with van der Waals surface area (Å²) in [6, 6.07) is 2.49. The predicted molar refractivity (Wildman–Crippen MR) is 80.4 cm³/mol. The van der Waals surface area contributed by atoms with Crippen LogP contribution in [-0.2, 0) is 0 Å². The highest BCUT2D eigenvalue weighted by molar-refractivity contribution is 7.94. The molecule has 0 saturated carbocycles. The summed E-state index contributed by atoms with van der Waals surface area (Å²) < 4.78 is 5.25. The summed E-state index contributed by atoms with van der Waals surface area (Å²) in [7, 11) is 0. The number of nitrogens with zero attached hydrogens (tertiary/aromatic N) is 1. The minimum atomic E-state index is -0.707. The highest BCUT2D eigenvalue weighted by Gasteiger charge is 2.26. The largest absolute Gasteiger partial charge is 0.424 e. The molecule has 9 heteroatoms. The lowest BCUT2D eigenvalue weighted by Crippen LogP contribution is -2.18. The van der Waals surface area contributed by atoms with Gasteiger partial charge in [-0.25, -0.2) is 0 Å². The Hall–Kier alpha value is -2.06. The lowest BCUT2D eigenvalue weighted by molar-refractivity contribution is -0.383. The van der Waals surface area contributed by atoms with Crippen molar-refractivity contribution < 1.29 is 13.9 Å². The third-order valence-electron chi connectivity index (χ3n) is 2.77. The Morgan fingerprint density at radius 3 is 2.67 bits per heavy atom. The maximum atomic E-state index is 12.0. The monoisotopic (exact) mass is 328 g/mol. The number of aromatic amines is 1. The lowest BCUT2D eigenvalue weighted by Gasteiger charge is -2.10. The van der Waals surface area contributed by atoms with E-state index in [0.717, 1.165) is 12.0 Å². The van der Waals surface area contributed by atoms with Crippen molar-refractivity contribution in [2.75, 3.05) is 6.26 Å². The number of aromatic nitrogens is 1. The third-order valence-corrected chi connectivity index (χ3v) is 3.42. The van der Waals surface area contributed by atoms with Crippen LogP contribution in [0.25, 0.3) is 10.9 Å². The molecule has 7 nitrogen and oxygen atoms in total. The molecule has 0 aliphatic rings. The molecule has 0 fully saturated rings. The number of carbonyl (C=O) groups excluding carboxylic acids is 1. The summed E-state index contributed by atoms with van der Waals surface area (Å²) >= 11 is 6.84. The number of fused-ring (bicyclic) bond motifs is 1. The Balaban J connectivity index is 3.09. The quantitative estimate of drug-likeness (QED) is 0.400. The zero-order chi connectivity index (χ0) is 15.7. The van der Waals surface area contributed by atoms with E-state index in [-0.39, 0.29) is 32.9 Å². The van der Waals surface area contributed by atoms with E-state index >= 15 is 0 Å². The lowest BCUT2D eigenvalue weighted by atomic mass is 10.1. The molecule has 0 unspecified atom stereocenters. The first-order valence-electron chi connectivity index (χ1n) is 5.63. The average Bonchev–Trinajstić information content (AvgIpc) is 2.39. The van der Waals surface area contributed by atoms with Gasteiger partial charge in [0, 0.05) is 12.3 Å². The van der Waals surface area contributed by atoms with Gasteiger partial charge in [0.05, 0.1) is 27.5 Å². The molecule has 0 aliphatic carbocycles. The number of nitrogens with one attached hydrogen (secondary N) is 1. The number of Topliss-reactive ketones (excluding diaryl/α,β-unsaturated/α-hetero) is 1. The van der Waals surface area contributed by atoms with Crippen molar-refractivity contribution in [3.63, 3.8) is 0 Å². The Labute approximate surface area is 127 Å². The molecular formula is C12H9ClN2O5S. The first-order valence-corrected chi connectivity index (χ1v) is 7.15. The van der Waals surface area contributed by atoms with Crippen LogP contribution in [0.15, 0.2) is 16.9 Å². The van der Waals surface area contributed by atoms with Gasteiger partial charge in [0.2, 0.25) is 0 Å². The van der Waals surface area contributed by atoms with Crippen LogP contribution in [0, 0.1) is 10.1 Å². The summed E-state index contributed by atoms with van der Waals surface area (Å²) in [6.07, 6.45) is 1.56. The fourth-order valence-corrected chi connectivity index (χ4v) is 2.50. The number of pyridine rings is 1. The van der Waals surface area contributed by atoms with Crippen molar-refractivity contribution in [3.8, 4) is 5.75 Å². The molecule has 110 valence electrons. The zero-order valence-electron chi connectivity index (χ0n) is 10.9. The molecule has 0 radical (unpaired) electrons. The van der Waals surface area contributed by atoms with Crippen molar-refractivity contribution in [1.29, 1.82) is 0 Å². The summed E-state index contributed by atoms with van der Waals surface area (Å²) in [6.45, 7) is 1.18. The summed E-state index contributed by atoms with van der Waals surface area (Å²) in [5, 5.41) is 11.3. The Kier molecular flexibility index (Phi) is 4.19. The molecule has 2 rings (SSSR count). The minimum absolute atomic E-state index is 0.00773. The smallest absolute Gasteiger partial charge is 0.282 e. The number of nitro groups is 1. The Morgan fingerprint density at radius 1 is 1.48 bits per heavy atom. The maximum Gasteiger partial charge on any atom is 0.282 e. The number of rotatable bonds is 4. The van der Waals surface area contributed by atoms with Gasteiger partial charge < -0.3 is 9.17 Å². The molecule has 21 heavy (non-hydrogen) atoms. The molecule has 0 spiro atoms. The van der Waals surface area contributed by atoms with E-state index in [9.17, 15) is 19.7 Å². The van der Waals surface area contributed by atoms with Gasteiger partial charge in [-0.3, -0.25) is 19.7 Å². The number of non-ortho nitro benzene ring substituents is 1. The van der Waals surface area contributed by atoms with Crippen LogP contribution < -0.4 is 9.74 Å². The van der Waals surface area contributed by atoms with Gasteiger partial charge in [0.25, 0.3) is 11.2 Å². The fraction of sp³-hybridized carbons (Fsp3) is 0.167. The van der Waals surface area contributed by atoms with Gasteiger partial charge in [0.15, 0.2) is 11.5 Å². The van der Waals surface area contributed by atoms with Gasteiger partial charge >= 0.3 is 0 Å². The second kappa shape index (κ2) is 5.74. The number of carbonyl (C=O) groups is 1. The minimum Gasteiger partial charge on any atom is -0.424 e. The molecule has 0 bridgehead atoms. The van der Waals surface area contributed by atoms with Crippen molar-refractivity contribution >= 4 is 46.0 Å². The molecule has 0 aliphatic heterocycles. The van der Waals surface area contributed by atoms with E-state index in [1.165, 1.54) is 19.1 Å². The molecule has 2 aromatic rings. The topological polar surface area (TPSA) is 102 Å². The number of benzene rings is 1. The van der Waals surface area contributed by atoms with Gasteiger partial charge in [-0.1, -0.05) is 11.6 Å². The highest BCUT2D eigenvalue weighted by atomic mass is 35.5. The van der Waals surface area contributed by atoms with Crippen LogP contribution in [-0.4, -0.2) is 21.9 Å². The molecule has 0 atom stereocenters. The Morgan fingerprint density at radius 2 is 2.14 bits per heavy atom. The van der Waals surface area contributed by atoms with Crippen molar-refractivity contribution in [1.82, 2.24) is 4.98 Å². The van der Waals surface area contributed by atoms with E-state index in [1.54, 1.807) is 6.26 Å². The van der Waals surface area contributed by atoms with E-state index in [2.05, 4.69) is 4.98 Å². The van der Waals surface area contributed by atoms with Crippen LogP contribution in [0.5, 0.6) is 5.75 Å². The second-order valence-electron chi connectivity index (χ2n) is 4.04. The van der Waals surface area contributed by atoms with Crippen LogP contribution in [0.1, 0.15) is 17.3 Å². The normalized spacial score (nSPS) is 10.6. The average molecular weight is 329 g/mol. The molecule has 0 saturated heterocycles. The maximum absolute atomic E-state index is 12.0. The molecule has 1 N–H and O–H groups in total. The van der Waals surface area contributed by atoms with Gasteiger partial charge in [-0.2, -0.15) is 0 Å². The van der Waals surface area contributed by atoms with Crippen molar-refractivity contribution in [2.24, 2.45) is 0 Å². The predicted octanol–water partition coefficient (Wildman–Crippen LogP) is 2.95. The van der Waals surface area contributed by atoms with Gasteiger partial charge in [0.1, 0.15) is 10.9 Å². The van der Waals surface area contributed by atoms with Crippen molar-refractivity contribution in [3.05, 3.63) is 43.2 Å². The first-order chi connectivity index (χ1) is 9.88. The van der Waals surface area contributed by atoms with E-state index in [0.29, 0.717) is 0 Å². The van der Waals surface area contributed by atoms with E-state index < -0.39 is 16.3 Å².